The maximum absolute atomic E-state index is 9.65. The number of hydrogen-bond acceptors (Lipinski definition) is 5. The summed E-state index contributed by atoms with van der Waals surface area (Å²) in [7, 11) is 0. The first kappa shape index (κ1) is 15.9. The lowest BCUT2D eigenvalue weighted by Crippen LogP contribution is -2.57. The van der Waals surface area contributed by atoms with Crippen molar-refractivity contribution in [2.45, 2.75) is 57.2 Å². The fourth-order valence-electron chi connectivity index (χ4n) is 4.35. The quantitative estimate of drug-likeness (QED) is 0.793. The third-order valence-corrected chi connectivity index (χ3v) is 5.51. The summed E-state index contributed by atoms with van der Waals surface area (Å²) in [4.78, 5) is 7.22. The van der Waals surface area contributed by atoms with E-state index in [1.165, 1.54) is 24.1 Å². The molecule has 0 amide bonds. The highest BCUT2D eigenvalue weighted by molar-refractivity contribution is 5.57. The van der Waals surface area contributed by atoms with Crippen molar-refractivity contribution in [3.8, 4) is 6.07 Å². The van der Waals surface area contributed by atoms with Crippen LogP contribution in [-0.4, -0.2) is 43.0 Å². The fourth-order valence-corrected chi connectivity index (χ4v) is 4.35. The Kier molecular flexibility index (Phi) is 4.19. The maximum atomic E-state index is 9.65. The zero-order chi connectivity index (χ0) is 16.6. The summed E-state index contributed by atoms with van der Waals surface area (Å²) in [5.41, 5.74) is 3.02. The van der Waals surface area contributed by atoms with Crippen molar-refractivity contribution in [1.82, 2.24) is 4.98 Å². The van der Waals surface area contributed by atoms with Gasteiger partial charge in [0.25, 0.3) is 0 Å². The molecule has 0 aromatic carbocycles. The van der Waals surface area contributed by atoms with Gasteiger partial charge in [-0.3, -0.25) is 0 Å². The second kappa shape index (κ2) is 6.34. The first-order valence-electron chi connectivity index (χ1n) is 9.12. The van der Waals surface area contributed by atoms with Crippen LogP contribution >= 0.6 is 0 Å². The Morgan fingerprint density at radius 2 is 2.08 bits per heavy atom. The number of pyridine rings is 1. The summed E-state index contributed by atoms with van der Waals surface area (Å²) >= 11 is 0. The van der Waals surface area contributed by atoms with Gasteiger partial charge in [0.15, 0.2) is 0 Å². The Hall–Kier alpha value is -1.64. The SMILES string of the molecule is C[C@@H]1CN(c2nc3c(cc2C#N)CCCC3)CC2(CCOCC2)O1. The van der Waals surface area contributed by atoms with Crippen LogP contribution in [-0.2, 0) is 22.3 Å². The van der Waals surface area contributed by atoms with Gasteiger partial charge in [-0.1, -0.05) is 0 Å². The first-order chi connectivity index (χ1) is 11.7. The van der Waals surface area contributed by atoms with Gasteiger partial charge in [-0.15, -0.1) is 0 Å². The minimum absolute atomic E-state index is 0.140. The summed E-state index contributed by atoms with van der Waals surface area (Å²) in [5.74, 6) is 0.860. The largest absolute Gasteiger partial charge is 0.381 e. The van der Waals surface area contributed by atoms with Gasteiger partial charge < -0.3 is 14.4 Å². The van der Waals surface area contributed by atoms with E-state index in [1.54, 1.807) is 0 Å². The number of rotatable bonds is 1. The van der Waals surface area contributed by atoms with E-state index in [4.69, 9.17) is 14.5 Å². The van der Waals surface area contributed by atoms with E-state index in [0.717, 1.165) is 57.8 Å². The zero-order valence-corrected chi connectivity index (χ0v) is 14.4. The van der Waals surface area contributed by atoms with E-state index in [2.05, 4.69) is 24.0 Å². The molecule has 1 aromatic heterocycles. The monoisotopic (exact) mass is 327 g/mol. The van der Waals surface area contributed by atoms with Crippen LogP contribution in [0, 0.1) is 11.3 Å². The number of anilines is 1. The van der Waals surface area contributed by atoms with E-state index >= 15 is 0 Å². The highest BCUT2D eigenvalue weighted by Gasteiger charge is 2.41. The molecule has 5 heteroatoms. The number of morpholine rings is 1. The topological polar surface area (TPSA) is 58.4 Å². The van der Waals surface area contributed by atoms with Crippen molar-refractivity contribution in [3.05, 3.63) is 22.9 Å². The third-order valence-electron chi connectivity index (χ3n) is 5.51. The molecule has 4 rings (SSSR count). The van der Waals surface area contributed by atoms with Crippen molar-refractivity contribution in [3.63, 3.8) is 0 Å². The summed E-state index contributed by atoms with van der Waals surface area (Å²) in [6.45, 7) is 5.23. The summed E-state index contributed by atoms with van der Waals surface area (Å²) < 4.78 is 11.8. The molecular formula is C19H25N3O2. The fraction of sp³-hybridized carbons (Fsp3) is 0.684. The molecule has 1 spiro atoms. The molecule has 1 aromatic rings. The Balaban J connectivity index is 1.68. The number of nitriles is 1. The molecular weight excluding hydrogens is 302 g/mol. The Labute approximate surface area is 143 Å². The van der Waals surface area contributed by atoms with Crippen molar-refractivity contribution in [1.29, 1.82) is 5.26 Å². The van der Waals surface area contributed by atoms with Gasteiger partial charge in [0, 0.05) is 44.8 Å². The van der Waals surface area contributed by atoms with Gasteiger partial charge in [-0.25, -0.2) is 4.98 Å². The highest BCUT2D eigenvalue weighted by Crippen LogP contribution is 2.35. The normalized spacial score (nSPS) is 26.0. The van der Waals surface area contributed by atoms with E-state index < -0.39 is 0 Å². The molecule has 1 atom stereocenters. The second-order valence-corrected chi connectivity index (χ2v) is 7.39. The molecule has 3 heterocycles. The van der Waals surface area contributed by atoms with E-state index in [9.17, 15) is 5.26 Å². The highest BCUT2D eigenvalue weighted by atomic mass is 16.5. The lowest BCUT2D eigenvalue weighted by atomic mass is 9.90. The minimum atomic E-state index is -0.153. The molecule has 128 valence electrons. The van der Waals surface area contributed by atoms with Gasteiger partial charge in [-0.05, 0) is 44.2 Å². The predicted molar refractivity (Wildman–Crippen MR) is 91.1 cm³/mol. The lowest BCUT2D eigenvalue weighted by molar-refractivity contribution is -0.145. The molecule has 1 aliphatic carbocycles. The average molecular weight is 327 g/mol. The van der Waals surface area contributed by atoms with Gasteiger partial charge in [0.2, 0.25) is 0 Å². The van der Waals surface area contributed by atoms with Crippen LogP contribution in [0.4, 0.5) is 5.82 Å². The molecule has 0 unspecified atom stereocenters. The van der Waals surface area contributed by atoms with E-state index in [0.29, 0.717) is 5.56 Å². The van der Waals surface area contributed by atoms with Gasteiger partial charge in [-0.2, -0.15) is 5.26 Å². The molecule has 0 N–H and O–H groups in total. The summed E-state index contributed by atoms with van der Waals surface area (Å²) in [6.07, 6.45) is 6.47. The average Bonchev–Trinajstić information content (AvgIpc) is 2.60. The van der Waals surface area contributed by atoms with E-state index in [1.807, 2.05) is 0 Å². The number of hydrogen-bond donors (Lipinski definition) is 0. The first-order valence-corrected chi connectivity index (χ1v) is 9.12. The maximum Gasteiger partial charge on any atom is 0.147 e. The number of nitrogens with zero attached hydrogens (tertiary/aromatic N) is 3. The van der Waals surface area contributed by atoms with Crippen LogP contribution in [0.2, 0.25) is 0 Å². The molecule has 2 fully saturated rings. The van der Waals surface area contributed by atoms with Crippen LogP contribution in [0.25, 0.3) is 0 Å². The smallest absolute Gasteiger partial charge is 0.147 e. The van der Waals surface area contributed by atoms with Crippen molar-refractivity contribution in [2.75, 3.05) is 31.2 Å². The van der Waals surface area contributed by atoms with Crippen LogP contribution in [0.15, 0.2) is 6.07 Å². The number of fused-ring (bicyclic) bond motifs is 1. The molecule has 2 aliphatic heterocycles. The van der Waals surface area contributed by atoms with Crippen LogP contribution in [0.5, 0.6) is 0 Å². The van der Waals surface area contributed by atoms with Gasteiger partial charge >= 0.3 is 0 Å². The zero-order valence-electron chi connectivity index (χ0n) is 14.4. The Morgan fingerprint density at radius 1 is 1.29 bits per heavy atom. The molecule has 0 bridgehead atoms. The number of aromatic nitrogens is 1. The molecule has 0 saturated carbocycles. The third kappa shape index (κ3) is 2.89. The van der Waals surface area contributed by atoms with Crippen LogP contribution in [0.3, 0.4) is 0 Å². The lowest BCUT2D eigenvalue weighted by Gasteiger charge is -2.48. The van der Waals surface area contributed by atoms with Crippen LogP contribution in [0.1, 0.15) is 49.4 Å². The molecule has 3 aliphatic rings. The number of ether oxygens (including phenoxy) is 2. The van der Waals surface area contributed by atoms with Crippen LogP contribution < -0.4 is 4.90 Å². The second-order valence-electron chi connectivity index (χ2n) is 7.39. The summed E-state index contributed by atoms with van der Waals surface area (Å²) in [6, 6.07) is 4.46. The van der Waals surface area contributed by atoms with Gasteiger partial charge in [0.05, 0.1) is 17.3 Å². The van der Waals surface area contributed by atoms with Crippen molar-refractivity contribution in [2.24, 2.45) is 0 Å². The Morgan fingerprint density at radius 3 is 2.88 bits per heavy atom. The molecule has 24 heavy (non-hydrogen) atoms. The Bertz CT molecular complexity index is 661. The number of aryl methyl sites for hydroxylation is 2. The molecule has 2 saturated heterocycles. The standard InChI is InChI=1S/C19H25N3O2/c1-14-12-22(13-19(24-14)6-8-23-9-7-19)18-16(11-20)10-15-4-2-3-5-17(15)21-18/h10,14H,2-9,12-13H2,1H3/t14-/m1/s1. The summed E-state index contributed by atoms with van der Waals surface area (Å²) in [5, 5.41) is 9.65. The minimum Gasteiger partial charge on any atom is -0.381 e. The van der Waals surface area contributed by atoms with Crippen molar-refractivity contribution >= 4 is 5.82 Å². The van der Waals surface area contributed by atoms with Gasteiger partial charge in [0.1, 0.15) is 11.9 Å². The predicted octanol–water partition coefficient (Wildman–Crippen LogP) is 2.61. The molecule has 5 nitrogen and oxygen atoms in total. The van der Waals surface area contributed by atoms with Crippen molar-refractivity contribution < 1.29 is 9.47 Å². The molecule has 0 radical (unpaired) electrons. The van der Waals surface area contributed by atoms with E-state index in [-0.39, 0.29) is 11.7 Å².